The molecule has 1 unspecified atom stereocenters. The van der Waals surface area contributed by atoms with E-state index in [1.165, 1.54) is 0 Å². The lowest BCUT2D eigenvalue weighted by atomic mass is 9.87. The number of piperidine rings is 1. The molecule has 1 aliphatic heterocycles. The highest BCUT2D eigenvalue weighted by molar-refractivity contribution is 9.10. The van der Waals surface area contributed by atoms with Crippen LogP contribution in [0, 0.1) is 5.92 Å². The minimum absolute atomic E-state index is 0.0603. The highest BCUT2D eigenvalue weighted by Gasteiger charge is 2.29. The van der Waals surface area contributed by atoms with Gasteiger partial charge in [-0.1, -0.05) is 42.5 Å². The highest BCUT2D eigenvalue weighted by Crippen LogP contribution is 2.31. The summed E-state index contributed by atoms with van der Waals surface area (Å²) in [6, 6.07) is 17.3. The maximum Gasteiger partial charge on any atom is 0.254 e. The van der Waals surface area contributed by atoms with Crippen LogP contribution in [0.15, 0.2) is 59.1 Å². The lowest BCUT2D eigenvalue weighted by Crippen LogP contribution is -2.39. The van der Waals surface area contributed by atoms with Gasteiger partial charge in [-0.25, -0.2) is 0 Å². The summed E-state index contributed by atoms with van der Waals surface area (Å²) in [5.41, 5.74) is 1.66. The quantitative estimate of drug-likeness (QED) is 0.881. The van der Waals surface area contributed by atoms with Crippen molar-refractivity contribution in [2.45, 2.75) is 18.9 Å². The van der Waals surface area contributed by atoms with Crippen LogP contribution in [0.5, 0.6) is 0 Å². The zero-order valence-corrected chi connectivity index (χ0v) is 14.4. The summed E-state index contributed by atoms with van der Waals surface area (Å²) in [6.45, 7) is 1.38. The monoisotopic (exact) mass is 373 g/mol. The zero-order valence-electron chi connectivity index (χ0n) is 12.9. The molecule has 0 spiro atoms. The number of hydrogen-bond donors (Lipinski definition) is 1. The first-order chi connectivity index (χ1) is 11.2. The first-order valence-electron chi connectivity index (χ1n) is 7.93. The van der Waals surface area contributed by atoms with E-state index in [-0.39, 0.29) is 11.8 Å². The van der Waals surface area contributed by atoms with Gasteiger partial charge in [-0.15, -0.1) is 0 Å². The Morgan fingerprint density at radius 2 is 1.65 bits per heavy atom. The average Bonchev–Trinajstić information content (AvgIpc) is 2.62. The normalized spacial score (nSPS) is 17.0. The second-order valence-corrected chi connectivity index (χ2v) is 6.82. The molecule has 0 bridgehead atoms. The van der Waals surface area contributed by atoms with Gasteiger partial charge >= 0.3 is 0 Å². The number of halogens is 1. The number of aliphatic hydroxyl groups excluding tert-OH is 1. The molecule has 0 aromatic heterocycles. The number of carbonyl (C=O) groups is 1. The van der Waals surface area contributed by atoms with E-state index in [0.29, 0.717) is 18.7 Å². The summed E-state index contributed by atoms with van der Waals surface area (Å²) in [5.74, 6) is 0.269. The summed E-state index contributed by atoms with van der Waals surface area (Å²) in [4.78, 5) is 14.5. The van der Waals surface area contributed by atoms with Gasteiger partial charge in [-0.2, -0.15) is 0 Å². The Morgan fingerprint density at radius 1 is 1.04 bits per heavy atom. The Morgan fingerprint density at radius 3 is 2.30 bits per heavy atom. The van der Waals surface area contributed by atoms with Crippen molar-refractivity contribution in [2.24, 2.45) is 5.92 Å². The van der Waals surface area contributed by atoms with Crippen LogP contribution in [0.25, 0.3) is 0 Å². The molecule has 0 radical (unpaired) electrons. The smallest absolute Gasteiger partial charge is 0.254 e. The Bertz CT molecular complexity index is 666. The Labute approximate surface area is 145 Å². The number of aliphatic hydroxyl groups is 1. The Hall–Kier alpha value is -1.65. The number of hydrogen-bond acceptors (Lipinski definition) is 2. The van der Waals surface area contributed by atoms with Crippen LogP contribution in [0.2, 0.25) is 0 Å². The lowest BCUT2D eigenvalue weighted by molar-refractivity contribution is 0.0462. The fraction of sp³-hybridized carbons (Fsp3) is 0.316. The van der Waals surface area contributed by atoms with Gasteiger partial charge in [0.2, 0.25) is 0 Å². The van der Waals surface area contributed by atoms with E-state index < -0.39 is 6.10 Å². The van der Waals surface area contributed by atoms with Gasteiger partial charge in [0.15, 0.2) is 0 Å². The minimum atomic E-state index is -0.447. The van der Waals surface area contributed by atoms with E-state index in [4.69, 9.17) is 0 Å². The molecule has 2 aromatic rings. The van der Waals surface area contributed by atoms with Crippen molar-refractivity contribution < 1.29 is 9.90 Å². The van der Waals surface area contributed by atoms with E-state index in [9.17, 15) is 9.90 Å². The number of benzene rings is 2. The molecular weight excluding hydrogens is 354 g/mol. The molecule has 1 heterocycles. The van der Waals surface area contributed by atoms with Gasteiger partial charge < -0.3 is 10.0 Å². The minimum Gasteiger partial charge on any atom is -0.388 e. The van der Waals surface area contributed by atoms with Crippen LogP contribution >= 0.6 is 15.9 Å². The fourth-order valence-corrected chi connectivity index (χ4v) is 3.60. The van der Waals surface area contributed by atoms with Crippen molar-refractivity contribution in [1.82, 2.24) is 4.90 Å². The third-order valence-corrected chi connectivity index (χ3v) is 5.21. The van der Waals surface area contributed by atoms with E-state index in [0.717, 1.165) is 22.9 Å². The molecule has 1 aliphatic rings. The summed E-state index contributed by atoms with van der Waals surface area (Å²) >= 11 is 3.44. The van der Waals surface area contributed by atoms with Crippen molar-refractivity contribution in [3.05, 3.63) is 70.2 Å². The molecular formula is C19H20BrNO2. The van der Waals surface area contributed by atoms with Crippen LogP contribution in [0.1, 0.15) is 34.9 Å². The molecule has 1 saturated heterocycles. The van der Waals surface area contributed by atoms with Crippen molar-refractivity contribution in [3.63, 3.8) is 0 Å². The first-order valence-corrected chi connectivity index (χ1v) is 8.73. The van der Waals surface area contributed by atoms with Gasteiger partial charge in [-0.05, 0) is 52.4 Å². The predicted molar refractivity (Wildman–Crippen MR) is 94.2 cm³/mol. The van der Waals surface area contributed by atoms with Gasteiger partial charge in [0, 0.05) is 17.6 Å². The summed E-state index contributed by atoms with van der Waals surface area (Å²) in [7, 11) is 0. The molecule has 3 nitrogen and oxygen atoms in total. The van der Waals surface area contributed by atoms with E-state index >= 15 is 0 Å². The summed E-state index contributed by atoms with van der Waals surface area (Å²) in [6.07, 6.45) is 1.20. The molecule has 0 saturated carbocycles. The molecule has 1 atom stereocenters. The van der Waals surface area contributed by atoms with Crippen LogP contribution in [-0.2, 0) is 0 Å². The first kappa shape index (κ1) is 16.2. The number of carbonyl (C=O) groups excluding carboxylic acids is 1. The zero-order chi connectivity index (χ0) is 16.2. The van der Waals surface area contributed by atoms with Gasteiger partial charge in [0.25, 0.3) is 5.91 Å². The van der Waals surface area contributed by atoms with Gasteiger partial charge in [-0.3, -0.25) is 4.79 Å². The fourth-order valence-electron chi connectivity index (χ4n) is 3.15. The third kappa shape index (κ3) is 3.65. The summed E-state index contributed by atoms with van der Waals surface area (Å²) in [5, 5.41) is 10.5. The second-order valence-electron chi connectivity index (χ2n) is 5.96. The number of nitrogens with zero attached hydrogens (tertiary/aromatic N) is 1. The third-order valence-electron chi connectivity index (χ3n) is 4.52. The Balaban J connectivity index is 1.62. The van der Waals surface area contributed by atoms with E-state index in [2.05, 4.69) is 15.9 Å². The molecule has 4 heteroatoms. The number of amides is 1. The van der Waals surface area contributed by atoms with Crippen molar-refractivity contribution in [1.29, 1.82) is 0 Å². The highest BCUT2D eigenvalue weighted by atomic mass is 79.9. The molecule has 1 N–H and O–H groups in total. The van der Waals surface area contributed by atoms with Gasteiger partial charge in [0.1, 0.15) is 0 Å². The van der Waals surface area contributed by atoms with Crippen LogP contribution in [0.4, 0.5) is 0 Å². The molecule has 3 rings (SSSR count). The molecule has 120 valence electrons. The number of likely N-dealkylation sites (tertiary alicyclic amines) is 1. The standard InChI is InChI=1S/C19H20BrNO2/c20-17-9-5-4-8-16(17)19(23)21-12-10-15(11-13-21)18(22)14-6-2-1-3-7-14/h1-9,15,18,22H,10-13H2. The van der Waals surface area contributed by atoms with E-state index in [1.807, 2.05) is 59.5 Å². The molecule has 2 aromatic carbocycles. The van der Waals surface area contributed by atoms with Crippen LogP contribution in [-0.4, -0.2) is 29.0 Å². The van der Waals surface area contributed by atoms with Crippen molar-refractivity contribution in [3.8, 4) is 0 Å². The maximum atomic E-state index is 12.6. The molecule has 23 heavy (non-hydrogen) atoms. The van der Waals surface area contributed by atoms with Crippen LogP contribution < -0.4 is 0 Å². The molecule has 1 fully saturated rings. The predicted octanol–water partition coefficient (Wildman–Crippen LogP) is 4.03. The van der Waals surface area contributed by atoms with Crippen molar-refractivity contribution in [2.75, 3.05) is 13.1 Å². The van der Waals surface area contributed by atoms with Gasteiger partial charge in [0.05, 0.1) is 11.7 Å². The number of rotatable bonds is 3. The largest absolute Gasteiger partial charge is 0.388 e. The SMILES string of the molecule is O=C(c1ccccc1Br)N1CCC(C(O)c2ccccc2)CC1. The average molecular weight is 374 g/mol. The lowest BCUT2D eigenvalue weighted by Gasteiger charge is -2.34. The maximum absolute atomic E-state index is 12.6. The molecule has 1 amide bonds. The topological polar surface area (TPSA) is 40.5 Å². The second kappa shape index (κ2) is 7.28. The Kier molecular flexibility index (Phi) is 5.13. The van der Waals surface area contributed by atoms with E-state index in [1.54, 1.807) is 0 Å². The van der Waals surface area contributed by atoms with Crippen LogP contribution in [0.3, 0.4) is 0 Å². The summed E-state index contributed by atoms with van der Waals surface area (Å²) < 4.78 is 0.830. The molecule has 0 aliphatic carbocycles. The van der Waals surface area contributed by atoms with Crippen molar-refractivity contribution >= 4 is 21.8 Å².